The minimum absolute atomic E-state index is 0.0228. The van der Waals surface area contributed by atoms with Crippen LogP contribution in [0.2, 0.25) is 0 Å². The first-order chi connectivity index (χ1) is 4.79. The van der Waals surface area contributed by atoms with Crippen LogP contribution in [0, 0.1) is 10.1 Å². The van der Waals surface area contributed by atoms with E-state index in [4.69, 9.17) is 4.74 Å². The van der Waals surface area contributed by atoms with E-state index in [0.717, 1.165) is 25.6 Å². The Morgan fingerprint density at radius 2 is 2.50 bits per heavy atom. The molecule has 4 heteroatoms. The monoisotopic (exact) mass is 143 g/mol. The number of hydrogen-bond acceptors (Lipinski definition) is 3. The summed E-state index contributed by atoms with van der Waals surface area (Å²) in [7, 11) is 0. The highest BCUT2D eigenvalue weighted by Crippen LogP contribution is 2.12. The van der Waals surface area contributed by atoms with Crippen LogP contribution in [-0.4, -0.2) is 17.6 Å². The molecule has 1 fully saturated rings. The van der Waals surface area contributed by atoms with Gasteiger partial charge in [0, 0.05) is 12.7 Å². The van der Waals surface area contributed by atoms with Crippen molar-refractivity contribution in [3.63, 3.8) is 0 Å². The molecule has 0 aromatic carbocycles. The van der Waals surface area contributed by atoms with E-state index < -0.39 is 4.92 Å². The molecule has 1 unspecified atom stereocenters. The van der Waals surface area contributed by atoms with E-state index in [9.17, 15) is 10.1 Å². The molecule has 4 nitrogen and oxygen atoms in total. The number of rotatable bonds is 2. The van der Waals surface area contributed by atoms with Gasteiger partial charge in [0.05, 0.1) is 11.0 Å². The minimum atomic E-state index is -0.471. The van der Waals surface area contributed by atoms with E-state index in [0.29, 0.717) is 0 Å². The first-order valence-corrected chi connectivity index (χ1v) is 3.22. The average molecular weight is 143 g/mol. The highest BCUT2D eigenvalue weighted by molar-refractivity contribution is 4.86. The minimum Gasteiger partial charge on any atom is -0.374 e. The van der Waals surface area contributed by atoms with E-state index in [1.54, 1.807) is 0 Å². The van der Waals surface area contributed by atoms with Gasteiger partial charge in [-0.15, -0.1) is 0 Å². The highest BCUT2D eigenvalue weighted by atomic mass is 16.6. The molecule has 1 saturated heterocycles. The van der Waals surface area contributed by atoms with Crippen molar-refractivity contribution in [2.24, 2.45) is 0 Å². The van der Waals surface area contributed by atoms with Crippen molar-refractivity contribution in [3.05, 3.63) is 22.4 Å². The molecule has 0 saturated carbocycles. The molecule has 0 radical (unpaired) electrons. The lowest BCUT2D eigenvalue weighted by molar-refractivity contribution is -0.402. The fraction of sp³-hybridized carbons (Fsp3) is 0.667. The summed E-state index contributed by atoms with van der Waals surface area (Å²) in [5, 5.41) is 9.82. The van der Waals surface area contributed by atoms with Gasteiger partial charge in [-0.05, 0) is 12.8 Å². The van der Waals surface area contributed by atoms with Crippen LogP contribution in [0.15, 0.2) is 12.3 Å². The van der Waals surface area contributed by atoms with Gasteiger partial charge in [0.15, 0.2) is 0 Å². The lowest BCUT2D eigenvalue weighted by atomic mass is 10.2. The summed E-state index contributed by atoms with van der Waals surface area (Å²) < 4.78 is 5.11. The number of nitro groups is 1. The van der Waals surface area contributed by atoms with Crippen molar-refractivity contribution in [3.8, 4) is 0 Å². The number of ether oxygens (including phenoxy) is 1. The number of hydrogen-bond donors (Lipinski definition) is 0. The molecule has 1 heterocycles. The molecule has 1 aliphatic heterocycles. The summed E-state index contributed by atoms with van der Waals surface area (Å²) in [4.78, 5) is 9.35. The van der Waals surface area contributed by atoms with Crippen LogP contribution in [0.3, 0.4) is 0 Å². The van der Waals surface area contributed by atoms with E-state index in [1.807, 2.05) is 0 Å². The Balaban J connectivity index is 2.29. The van der Waals surface area contributed by atoms with Crippen LogP contribution in [0.5, 0.6) is 0 Å². The average Bonchev–Trinajstić information content (AvgIpc) is 2.34. The van der Waals surface area contributed by atoms with Crippen molar-refractivity contribution in [1.29, 1.82) is 0 Å². The van der Waals surface area contributed by atoms with Gasteiger partial charge in [-0.3, -0.25) is 10.1 Å². The summed E-state index contributed by atoms with van der Waals surface area (Å²) in [6, 6.07) is 0. The Morgan fingerprint density at radius 1 is 1.70 bits per heavy atom. The summed E-state index contributed by atoms with van der Waals surface area (Å²) in [5.41, 5.74) is 0. The largest absolute Gasteiger partial charge is 0.374 e. The molecule has 0 N–H and O–H groups in total. The van der Waals surface area contributed by atoms with E-state index in [2.05, 4.69) is 0 Å². The Kier molecular flexibility index (Phi) is 2.39. The molecule has 0 aromatic heterocycles. The van der Waals surface area contributed by atoms with Crippen molar-refractivity contribution in [1.82, 2.24) is 0 Å². The molecule has 0 aliphatic carbocycles. The van der Waals surface area contributed by atoms with Gasteiger partial charge in [-0.1, -0.05) is 0 Å². The zero-order valence-corrected chi connectivity index (χ0v) is 5.53. The van der Waals surface area contributed by atoms with Gasteiger partial charge in [-0.2, -0.15) is 0 Å². The van der Waals surface area contributed by atoms with Crippen molar-refractivity contribution < 1.29 is 9.66 Å². The second-order valence-electron chi connectivity index (χ2n) is 2.18. The van der Waals surface area contributed by atoms with Gasteiger partial charge in [0.2, 0.25) is 6.20 Å². The molecule has 0 bridgehead atoms. The third kappa shape index (κ3) is 2.14. The van der Waals surface area contributed by atoms with Crippen LogP contribution in [0.25, 0.3) is 0 Å². The summed E-state index contributed by atoms with van der Waals surface area (Å²) in [6.45, 7) is 0.729. The Morgan fingerprint density at radius 3 is 3.00 bits per heavy atom. The van der Waals surface area contributed by atoms with Crippen LogP contribution in [0.4, 0.5) is 0 Å². The Labute approximate surface area is 58.6 Å². The predicted molar refractivity (Wildman–Crippen MR) is 35.1 cm³/mol. The standard InChI is InChI=1S/C6H9NO3/c8-7(9)4-3-6-2-1-5-10-6/h3-4,6H,1-2,5H2/b4-3+. The van der Waals surface area contributed by atoms with E-state index >= 15 is 0 Å². The fourth-order valence-corrected chi connectivity index (χ4v) is 0.921. The van der Waals surface area contributed by atoms with Gasteiger partial charge >= 0.3 is 0 Å². The van der Waals surface area contributed by atoms with Crippen molar-refractivity contribution in [2.45, 2.75) is 18.9 Å². The predicted octanol–water partition coefficient (Wildman–Crippen LogP) is 0.956. The molecule has 1 atom stereocenters. The van der Waals surface area contributed by atoms with E-state index in [1.165, 1.54) is 6.08 Å². The molecule has 0 amide bonds. The topological polar surface area (TPSA) is 52.4 Å². The maximum atomic E-state index is 9.82. The lowest BCUT2D eigenvalue weighted by Gasteiger charge is -1.97. The molecule has 1 aliphatic rings. The maximum Gasteiger partial charge on any atom is 0.233 e. The van der Waals surface area contributed by atoms with Crippen molar-refractivity contribution in [2.75, 3.05) is 6.61 Å². The summed E-state index contributed by atoms with van der Waals surface area (Å²) in [5.74, 6) is 0. The molecule has 10 heavy (non-hydrogen) atoms. The van der Waals surface area contributed by atoms with Crippen molar-refractivity contribution >= 4 is 0 Å². The molecule has 0 aromatic rings. The van der Waals surface area contributed by atoms with E-state index in [-0.39, 0.29) is 6.10 Å². The molecular formula is C6H9NO3. The highest BCUT2D eigenvalue weighted by Gasteiger charge is 2.12. The van der Waals surface area contributed by atoms with Crippen LogP contribution >= 0.6 is 0 Å². The summed E-state index contributed by atoms with van der Waals surface area (Å²) >= 11 is 0. The first-order valence-electron chi connectivity index (χ1n) is 3.22. The molecule has 1 rings (SSSR count). The second kappa shape index (κ2) is 3.31. The quantitative estimate of drug-likeness (QED) is 0.427. The van der Waals surface area contributed by atoms with Gasteiger partial charge in [0.1, 0.15) is 0 Å². The molecule has 56 valence electrons. The molecule has 0 spiro atoms. The van der Waals surface area contributed by atoms with Crippen LogP contribution in [0.1, 0.15) is 12.8 Å². The Hall–Kier alpha value is -0.900. The van der Waals surface area contributed by atoms with Crippen LogP contribution < -0.4 is 0 Å². The van der Waals surface area contributed by atoms with Gasteiger partial charge < -0.3 is 4.74 Å². The maximum absolute atomic E-state index is 9.82. The third-order valence-electron chi connectivity index (χ3n) is 1.39. The third-order valence-corrected chi connectivity index (χ3v) is 1.39. The SMILES string of the molecule is O=[N+]([O-])/C=C/C1CCCO1. The van der Waals surface area contributed by atoms with Gasteiger partial charge in [-0.25, -0.2) is 0 Å². The fourth-order valence-electron chi connectivity index (χ4n) is 0.921. The number of nitrogens with zero attached hydrogens (tertiary/aromatic N) is 1. The van der Waals surface area contributed by atoms with Crippen LogP contribution in [-0.2, 0) is 4.74 Å². The zero-order valence-electron chi connectivity index (χ0n) is 5.53. The normalized spacial score (nSPS) is 25.8. The lowest BCUT2D eigenvalue weighted by Crippen LogP contribution is -2.00. The first kappa shape index (κ1) is 7.21. The molecular weight excluding hydrogens is 134 g/mol. The van der Waals surface area contributed by atoms with Gasteiger partial charge in [0.25, 0.3) is 0 Å². The summed E-state index contributed by atoms with van der Waals surface area (Å²) in [6.07, 6.45) is 4.32. The second-order valence-corrected chi connectivity index (χ2v) is 2.18. The smallest absolute Gasteiger partial charge is 0.233 e. The Bertz CT molecular complexity index is 149. The zero-order chi connectivity index (χ0) is 7.40.